The van der Waals surface area contributed by atoms with Gasteiger partial charge in [-0.1, -0.05) is 12.1 Å². The van der Waals surface area contributed by atoms with E-state index in [-0.39, 0.29) is 5.91 Å². The first kappa shape index (κ1) is 18.9. The average molecular weight is 380 g/mol. The summed E-state index contributed by atoms with van der Waals surface area (Å²) in [6, 6.07) is 10.2. The van der Waals surface area contributed by atoms with Gasteiger partial charge in [-0.3, -0.25) is 4.79 Å². The summed E-state index contributed by atoms with van der Waals surface area (Å²) in [4.78, 5) is 26.1. The van der Waals surface area contributed by atoms with Crippen LogP contribution < -0.4 is 10.2 Å². The molecule has 0 aliphatic carbocycles. The number of anilines is 1. The first-order chi connectivity index (χ1) is 13.6. The van der Waals surface area contributed by atoms with Crippen LogP contribution in [0.25, 0.3) is 0 Å². The third-order valence-corrected chi connectivity index (χ3v) is 5.75. The molecule has 0 radical (unpaired) electrons. The normalized spacial score (nSPS) is 20.3. The van der Waals surface area contributed by atoms with Crippen LogP contribution >= 0.6 is 0 Å². The fourth-order valence-corrected chi connectivity index (χ4v) is 4.18. The quantitative estimate of drug-likeness (QED) is 0.888. The van der Waals surface area contributed by atoms with E-state index in [0.29, 0.717) is 19.0 Å². The highest BCUT2D eigenvalue weighted by Crippen LogP contribution is 2.24. The summed E-state index contributed by atoms with van der Waals surface area (Å²) >= 11 is 0. The van der Waals surface area contributed by atoms with Crippen molar-refractivity contribution in [3.05, 3.63) is 52.8 Å². The summed E-state index contributed by atoms with van der Waals surface area (Å²) in [5.41, 5.74) is 4.08. The molecule has 4 rings (SSSR count). The van der Waals surface area contributed by atoms with E-state index in [9.17, 15) is 4.79 Å². The van der Waals surface area contributed by atoms with Crippen molar-refractivity contribution in [2.45, 2.75) is 32.6 Å². The zero-order valence-electron chi connectivity index (χ0n) is 16.8. The van der Waals surface area contributed by atoms with Gasteiger partial charge in [-0.2, -0.15) is 0 Å². The molecule has 28 heavy (non-hydrogen) atoms. The Morgan fingerprint density at radius 3 is 2.32 bits per heavy atom. The van der Waals surface area contributed by atoms with Gasteiger partial charge in [-0.15, -0.1) is 0 Å². The molecule has 2 aliphatic rings. The van der Waals surface area contributed by atoms with Crippen molar-refractivity contribution in [3.8, 4) is 0 Å². The van der Waals surface area contributed by atoms with Crippen molar-refractivity contribution in [1.29, 1.82) is 0 Å². The standard InChI is InChI=1S/C22H29N5O/c1-16-14-17(2)25-22(24-16)27-12-10-26(11-13-27)21(28)19-7-5-18(6-8-19)20-4-3-9-23-15-20/h5-8,14,20,23H,3-4,9-13,15H2,1-2H3/t20-/m0/s1. The maximum absolute atomic E-state index is 12.9. The minimum absolute atomic E-state index is 0.120. The van der Waals surface area contributed by atoms with Gasteiger partial charge in [0.25, 0.3) is 5.91 Å². The van der Waals surface area contributed by atoms with Gasteiger partial charge in [0.1, 0.15) is 0 Å². The lowest BCUT2D eigenvalue weighted by Gasteiger charge is -2.35. The molecule has 1 aromatic heterocycles. The fourth-order valence-electron chi connectivity index (χ4n) is 4.18. The summed E-state index contributed by atoms with van der Waals surface area (Å²) in [5.74, 6) is 1.46. The Morgan fingerprint density at radius 2 is 1.71 bits per heavy atom. The second kappa shape index (κ2) is 8.27. The second-order valence-corrected chi connectivity index (χ2v) is 7.90. The Kier molecular flexibility index (Phi) is 5.57. The molecule has 148 valence electrons. The van der Waals surface area contributed by atoms with Gasteiger partial charge >= 0.3 is 0 Å². The van der Waals surface area contributed by atoms with Crippen molar-refractivity contribution in [2.24, 2.45) is 0 Å². The van der Waals surface area contributed by atoms with Crippen LogP contribution in [-0.4, -0.2) is 60.0 Å². The number of carbonyl (C=O) groups is 1. The molecule has 0 spiro atoms. The van der Waals surface area contributed by atoms with Crippen LogP contribution in [-0.2, 0) is 0 Å². The fraction of sp³-hybridized carbons (Fsp3) is 0.500. The van der Waals surface area contributed by atoms with Crippen LogP contribution in [0.4, 0.5) is 5.95 Å². The molecular weight excluding hydrogens is 350 g/mol. The van der Waals surface area contributed by atoms with Crippen LogP contribution in [0.2, 0.25) is 0 Å². The summed E-state index contributed by atoms with van der Waals surface area (Å²) in [5, 5.41) is 3.46. The zero-order valence-corrected chi connectivity index (χ0v) is 16.8. The van der Waals surface area contributed by atoms with E-state index in [1.165, 1.54) is 18.4 Å². The first-order valence-corrected chi connectivity index (χ1v) is 10.3. The van der Waals surface area contributed by atoms with E-state index < -0.39 is 0 Å². The molecule has 2 fully saturated rings. The van der Waals surface area contributed by atoms with Gasteiger partial charge in [0.05, 0.1) is 0 Å². The Bertz CT molecular complexity index is 801. The Morgan fingerprint density at radius 1 is 1.04 bits per heavy atom. The molecule has 2 aliphatic heterocycles. The van der Waals surface area contributed by atoms with Gasteiger partial charge in [0.2, 0.25) is 5.95 Å². The maximum atomic E-state index is 12.9. The number of aryl methyl sites for hydroxylation is 2. The molecule has 1 aromatic carbocycles. The highest BCUT2D eigenvalue weighted by molar-refractivity contribution is 5.94. The summed E-state index contributed by atoms with van der Waals surface area (Å²) in [7, 11) is 0. The zero-order chi connectivity index (χ0) is 19.5. The van der Waals surface area contributed by atoms with Crippen LogP contribution in [0.3, 0.4) is 0 Å². The van der Waals surface area contributed by atoms with Crippen molar-refractivity contribution in [1.82, 2.24) is 20.2 Å². The second-order valence-electron chi connectivity index (χ2n) is 7.90. The van der Waals surface area contributed by atoms with Crippen LogP contribution in [0.1, 0.15) is 46.1 Å². The number of piperidine rings is 1. The number of nitrogens with one attached hydrogen (secondary N) is 1. The number of hydrogen-bond acceptors (Lipinski definition) is 5. The molecule has 1 atom stereocenters. The minimum atomic E-state index is 0.120. The molecule has 2 aromatic rings. The minimum Gasteiger partial charge on any atom is -0.337 e. The number of rotatable bonds is 3. The number of hydrogen-bond donors (Lipinski definition) is 1. The number of benzene rings is 1. The Balaban J connectivity index is 1.37. The lowest BCUT2D eigenvalue weighted by molar-refractivity contribution is 0.0746. The van der Waals surface area contributed by atoms with E-state index in [1.807, 2.05) is 36.9 Å². The molecule has 1 amide bonds. The molecule has 1 N–H and O–H groups in total. The van der Waals surface area contributed by atoms with E-state index in [0.717, 1.165) is 49.1 Å². The van der Waals surface area contributed by atoms with Gasteiger partial charge < -0.3 is 15.1 Å². The number of carbonyl (C=O) groups excluding carboxylic acids is 1. The van der Waals surface area contributed by atoms with Crippen LogP contribution in [0.15, 0.2) is 30.3 Å². The summed E-state index contributed by atoms with van der Waals surface area (Å²) in [6.45, 7) is 9.06. The highest BCUT2D eigenvalue weighted by atomic mass is 16.2. The molecule has 6 heteroatoms. The monoisotopic (exact) mass is 379 g/mol. The number of amides is 1. The van der Waals surface area contributed by atoms with Crippen molar-refractivity contribution >= 4 is 11.9 Å². The first-order valence-electron chi connectivity index (χ1n) is 10.3. The number of nitrogens with zero attached hydrogens (tertiary/aromatic N) is 4. The highest BCUT2D eigenvalue weighted by Gasteiger charge is 2.24. The molecule has 2 saturated heterocycles. The van der Waals surface area contributed by atoms with E-state index in [1.54, 1.807) is 0 Å². The van der Waals surface area contributed by atoms with Crippen molar-refractivity contribution in [2.75, 3.05) is 44.2 Å². The summed E-state index contributed by atoms with van der Waals surface area (Å²) in [6.07, 6.45) is 2.45. The van der Waals surface area contributed by atoms with E-state index in [2.05, 4.69) is 32.3 Å². The molecule has 6 nitrogen and oxygen atoms in total. The van der Waals surface area contributed by atoms with Gasteiger partial charge in [0, 0.05) is 49.7 Å². The smallest absolute Gasteiger partial charge is 0.253 e. The van der Waals surface area contributed by atoms with Crippen molar-refractivity contribution < 1.29 is 4.79 Å². The van der Waals surface area contributed by atoms with E-state index >= 15 is 0 Å². The maximum Gasteiger partial charge on any atom is 0.253 e. The third-order valence-electron chi connectivity index (χ3n) is 5.75. The third kappa shape index (κ3) is 4.17. The van der Waals surface area contributed by atoms with Crippen LogP contribution in [0, 0.1) is 13.8 Å². The predicted octanol–water partition coefficient (Wildman–Crippen LogP) is 2.52. The van der Waals surface area contributed by atoms with Crippen LogP contribution in [0.5, 0.6) is 0 Å². The number of piperazine rings is 1. The van der Waals surface area contributed by atoms with Crippen molar-refractivity contribution in [3.63, 3.8) is 0 Å². The SMILES string of the molecule is Cc1cc(C)nc(N2CCN(C(=O)c3ccc([C@H]4CCCNC4)cc3)CC2)n1. The molecule has 0 unspecified atom stereocenters. The molecule has 3 heterocycles. The van der Waals surface area contributed by atoms with Gasteiger partial charge in [-0.05, 0) is 62.9 Å². The Labute approximate surface area is 167 Å². The van der Waals surface area contributed by atoms with Gasteiger partial charge in [-0.25, -0.2) is 9.97 Å². The molecular formula is C22H29N5O. The average Bonchev–Trinajstić information content (AvgIpc) is 2.73. The largest absolute Gasteiger partial charge is 0.337 e. The van der Waals surface area contributed by atoms with E-state index in [4.69, 9.17) is 0 Å². The molecule has 0 bridgehead atoms. The summed E-state index contributed by atoms with van der Waals surface area (Å²) < 4.78 is 0. The predicted molar refractivity (Wildman–Crippen MR) is 111 cm³/mol. The lowest BCUT2D eigenvalue weighted by atomic mass is 9.91. The Hall–Kier alpha value is -2.47. The topological polar surface area (TPSA) is 61.4 Å². The molecule has 0 saturated carbocycles. The number of aromatic nitrogens is 2. The van der Waals surface area contributed by atoms with Gasteiger partial charge in [0.15, 0.2) is 0 Å². The lowest BCUT2D eigenvalue weighted by Crippen LogP contribution is -2.49.